The van der Waals surface area contributed by atoms with Crippen LogP contribution < -0.4 is 11.5 Å². The van der Waals surface area contributed by atoms with Crippen LogP contribution in [0.5, 0.6) is 0 Å². The topological polar surface area (TPSA) is 95.4 Å². The van der Waals surface area contributed by atoms with E-state index in [4.69, 9.17) is 16.2 Å². The van der Waals surface area contributed by atoms with Crippen molar-refractivity contribution >= 4 is 12.4 Å². The molecule has 1 unspecified atom stereocenters. The fourth-order valence-corrected chi connectivity index (χ4v) is 1.99. The highest BCUT2D eigenvalue weighted by molar-refractivity contribution is 5.65. The van der Waals surface area contributed by atoms with Gasteiger partial charge in [-0.15, -0.1) is 0 Å². The third-order valence-corrected chi connectivity index (χ3v) is 3.36. The van der Waals surface area contributed by atoms with Crippen LogP contribution in [0.1, 0.15) is 25.8 Å². The standard InChI is InChI=1S/C14H20N2O3/c1-13(2,19-12(15)18)14(16,8-9-17)10-11-6-4-3-5-7-11/h3-7,9H,8,10,16H2,1-2H3,(H2,15,18). The average Bonchev–Trinajstić information content (AvgIpc) is 2.28. The van der Waals surface area contributed by atoms with Crippen molar-refractivity contribution in [2.75, 3.05) is 0 Å². The number of aldehydes is 1. The van der Waals surface area contributed by atoms with Gasteiger partial charge in [0.15, 0.2) is 0 Å². The van der Waals surface area contributed by atoms with Crippen molar-refractivity contribution in [1.82, 2.24) is 0 Å². The lowest BCUT2D eigenvalue weighted by atomic mass is 9.76. The molecule has 1 amide bonds. The lowest BCUT2D eigenvalue weighted by Gasteiger charge is -2.42. The van der Waals surface area contributed by atoms with E-state index in [1.165, 1.54) is 0 Å². The highest BCUT2D eigenvalue weighted by Gasteiger charge is 2.44. The number of hydrogen-bond donors (Lipinski definition) is 2. The third kappa shape index (κ3) is 3.79. The molecule has 0 radical (unpaired) electrons. The normalized spacial score (nSPS) is 14.5. The van der Waals surface area contributed by atoms with Gasteiger partial charge in [0.1, 0.15) is 11.9 Å². The van der Waals surface area contributed by atoms with Crippen LogP contribution in [0.2, 0.25) is 0 Å². The van der Waals surface area contributed by atoms with Gasteiger partial charge < -0.3 is 21.0 Å². The number of carbonyl (C=O) groups is 2. The maximum absolute atomic E-state index is 11.0. The van der Waals surface area contributed by atoms with E-state index < -0.39 is 17.2 Å². The second-order valence-electron chi connectivity index (χ2n) is 5.12. The highest BCUT2D eigenvalue weighted by Crippen LogP contribution is 2.30. The third-order valence-electron chi connectivity index (χ3n) is 3.36. The van der Waals surface area contributed by atoms with E-state index in [-0.39, 0.29) is 6.42 Å². The van der Waals surface area contributed by atoms with E-state index in [1.807, 2.05) is 30.3 Å². The second kappa shape index (κ2) is 5.84. The number of rotatable bonds is 6. The summed E-state index contributed by atoms with van der Waals surface area (Å²) < 4.78 is 5.08. The number of benzene rings is 1. The molecule has 0 aliphatic carbocycles. The molecular weight excluding hydrogens is 244 g/mol. The van der Waals surface area contributed by atoms with Gasteiger partial charge >= 0.3 is 6.09 Å². The van der Waals surface area contributed by atoms with E-state index in [1.54, 1.807) is 13.8 Å². The molecule has 0 fully saturated rings. The zero-order valence-electron chi connectivity index (χ0n) is 11.3. The van der Waals surface area contributed by atoms with Gasteiger partial charge in [-0.2, -0.15) is 0 Å². The van der Waals surface area contributed by atoms with E-state index in [9.17, 15) is 9.59 Å². The first-order valence-electron chi connectivity index (χ1n) is 6.06. The van der Waals surface area contributed by atoms with Gasteiger partial charge in [0.2, 0.25) is 0 Å². The molecular formula is C14H20N2O3. The van der Waals surface area contributed by atoms with Gasteiger partial charge in [0.25, 0.3) is 0 Å². The Hall–Kier alpha value is -1.88. The molecule has 5 heteroatoms. The number of ether oxygens (including phenoxy) is 1. The number of carbonyl (C=O) groups excluding carboxylic acids is 2. The van der Waals surface area contributed by atoms with Crippen LogP contribution in [-0.4, -0.2) is 23.5 Å². The van der Waals surface area contributed by atoms with Crippen molar-refractivity contribution in [3.8, 4) is 0 Å². The SMILES string of the molecule is CC(C)(OC(N)=O)C(N)(CC=O)Cc1ccccc1. The zero-order valence-corrected chi connectivity index (χ0v) is 11.3. The molecule has 0 aromatic heterocycles. The lowest BCUT2D eigenvalue weighted by molar-refractivity contribution is -0.111. The summed E-state index contributed by atoms with van der Waals surface area (Å²) in [5.74, 6) is 0. The Bertz CT molecular complexity index is 445. The van der Waals surface area contributed by atoms with Crippen LogP contribution in [0.3, 0.4) is 0 Å². The molecule has 0 heterocycles. The van der Waals surface area contributed by atoms with Gasteiger partial charge in [-0.1, -0.05) is 30.3 Å². The summed E-state index contributed by atoms with van der Waals surface area (Å²) >= 11 is 0. The van der Waals surface area contributed by atoms with Gasteiger partial charge in [0.05, 0.1) is 5.54 Å². The van der Waals surface area contributed by atoms with Gasteiger partial charge in [-0.05, 0) is 25.8 Å². The Balaban J connectivity index is 3.02. The Labute approximate surface area is 112 Å². The van der Waals surface area contributed by atoms with Crippen molar-refractivity contribution in [1.29, 1.82) is 0 Å². The van der Waals surface area contributed by atoms with E-state index >= 15 is 0 Å². The number of primary amides is 1. The maximum Gasteiger partial charge on any atom is 0.405 e. The fourth-order valence-electron chi connectivity index (χ4n) is 1.99. The summed E-state index contributed by atoms with van der Waals surface area (Å²) in [5.41, 5.74) is 10.3. The maximum atomic E-state index is 11.0. The first-order valence-corrected chi connectivity index (χ1v) is 6.06. The average molecular weight is 264 g/mol. The summed E-state index contributed by atoms with van der Waals surface area (Å²) in [6, 6.07) is 9.49. The first kappa shape index (κ1) is 15.2. The summed E-state index contributed by atoms with van der Waals surface area (Å²) in [6.07, 6.45) is 0.308. The Kier molecular flexibility index (Phi) is 4.67. The molecule has 0 bridgehead atoms. The van der Waals surface area contributed by atoms with Crippen molar-refractivity contribution < 1.29 is 14.3 Å². The van der Waals surface area contributed by atoms with Crippen LogP contribution in [0.25, 0.3) is 0 Å². The monoisotopic (exact) mass is 264 g/mol. The minimum atomic E-state index is -1.05. The molecule has 0 aliphatic heterocycles. The molecule has 104 valence electrons. The van der Waals surface area contributed by atoms with Crippen LogP contribution in [0.4, 0.5) is 4.79 Å². The second-order valence-corrected chi connectivity index (χ2v) is 5.12. The molecule has 1 aromatic rings. The predicted molar refractivity (Wildman–Crippen MR) is 72.5 cm³/mol. The minimum absolute atomic E-state index is 0.0716. The van der Waals surface area contributed by atoms with Crippen LogP contribution in [-0.2, 0) is 16.0 Å². The van der Waals surface area contributed by atoms with Crippen molar-refractivity contribution in [2.45, 2.75) is 37.8 Å². The molecule has 0 aliphatic rings. The quantitative estimate of drug-likeness (QED) is 0.759. The summed E-state index contributed by atoms with van der Waals surface area (Å²) in [4.78, 5) is 21.9. The van der Waals surface area contributed by atoms with Crippen LogP contribution in [0, 0.1) is 0 Å². The van der Waals surface area contributed by atoms with Crippen molar-refractivity contribution in [3.05, 3.63) is 35.9 Å². The molecule has 0 saturated heterocycles. The van der Waals surface area contributed by atoms with Gasteiger partial charge in [0, 0.05) is 6.42 Å². The molecule has 5 nitrogen and oxygen atoms in total. The van der Waals surface area contributed by atoms with E-state index in [0.29, 0.717) is 6.42 Å². The van der Waals surface area contributed by atoms with E-state index in [0.717, 1.165) is 11.8 Å². The Morgan fingerprint density at radius 2 is 1.89 bits per heavy atom. The molecule has 1 aromatic carbocycles. The molecule has 1 rings (SSSR count). The Morgan fingerprint density at radius 3 is 2.37 bits per heavy atom. The molecule has 0 saturated carbocycles. The lowest BCUT2D eigenvalue weighted by Crippen LogP contribution is -2.61. The van der Waals surface area contributed by atoms with Gasteiger partial charge in [-0.25, -0.2) is 4.79 Å². The first-order chi connectivity index (χ1) is 8.81. The minimum Gasteiger partial charge on any atom is -0.442 e. The van der Waals surface area contributed by atoms with E-state index in [2.05, 4.69) is 0 Å². The molecule has 4 N–H and O–H groups in total. The summed E-state index contributed by atoms with van der Waals surface area (Å²) in [6.45, 7) is 3.31. The Morgan fingerprint density at radius 1 is 1.32 bits per heavy atom. The zero-order chi connectivity index (χ0) is 14.5. The fraction of sp³-hybridized carbons (Fsp3) is 0.429. The molecule has 19 heavy (non-hydrogen) atoms. The highest BCUT2D eigenvalue weighted by atomic mass is 16.6. The van der Waals surface area contributed by atoms with Gasteiger partial charge in [-0.3, -0.25) is 0 Å². The van der Waals surface area contributed by atoms with Crippen molar-refractivity contribution in [3.63, 3.8) is 0 Å². The van der Waals surface area contributed by atoms with Crippen LogP contribution in [0.15, 0.2) is 30.3 Å². The smallest absolute Gasteiger partial charge is 0.405 e. The number of nitrogens with two attached hydrogens (primary N) is 2. The van der Waals surface area contributed by atoms with Crippen molar-refractivity contribution in [2.24, 2.45) is 11.5 Å². The van der Waals surface area contributed by atoms with Crippen LogP contribution >= 0.6 is 0 Å². The molecule has 1 atom stereocenters. The number of hydrogen-bond acceptors (Lipinski definition) is 4. The largest absolute Gasteiger partial charge is 0.442 e. The predicted octanol–water partition coefficient (Wildman–Crippen LogP) is 1.39. The summed E-state index contributed by atoms with van der Waals surface area (Å²) in [7, 11) is 0. The molecule has 0 spiro atoms. The summed E-state index contributed by atoms with van der Waals surface area (Å²) in [5, 5.41) is 0. The number of amides is 1.